The molecule has 2 aromatic carbocycles. The van der Waals surface area contributed by atoms with Crippen molar-refractivity contribution in [3.8, 4) is 17.1 Å². The zero-order valence-electron chi connectivity index (χ0n) is 15.9. The van der Waals surface area contributed by atoms with Gasteiger partial charge < -0.3 is 31.7 Å². The lowest BCUT2D eigenvalue weighted by molar-refractivity contribution is 0.324. The molecule has 0 aliphatic rings. The number of rotatable bonds is 10. The van der Waals surface area contributed by atoms with Crippen LogP contribution >= 0.6 is 0 Å². The molecule has 3 rings (SSSR count). The second-order valence-corrected chi connectivity index (χ2v) is 6.45. The van der Waals surface area contributed by atoms with Gasteiger partial charge in [0.1, 0.15) is 23.7 Å². The Morgan fingerprint density at radius 1 is 1.11 bits per heavy atom. The first-order valence-electron chi connectivity index (χ1n) is 9.38. The number of hydrogen-bond acceptors (Lipinski definition) is 5. The number of nitrogens with two attached hydrogens (primary N) is 3. The fraction of sp³-hybridized carbons (Fsp3) is 0.286. The van der Waals surface area contributed by atoms with E-state index >= 15 is 0 Å². The number of furan rings is 1. The molecule has 1 aromatic heterocycles. The molecule has 0 atom stereocenters. The van der Waals surface area contributed by atoms with Gasteiger partial charge >= 0.3 is 0 Å². The zero-order valence-corrected chi connectivity index (χ0v) is 15.9. The average Bonchev–Trinajstić information content (AvgIpc) is 3.13. The van der Waals surface area contributed by atoms with E-state index in [9.17, 15) is 0 Å². The van der Waals surface area contributed by atoms with E-state index in [2.05, 4.69) is 22.4 Å². The summed E-state index contributed by atoms with van der Waals surface area (Å²) in [7, 11) is 0. The summed E-state index contributed by atoms with van der Waals surface area (Å²) in [5, 5.41) is 4.49. The highest BCUT2D eigenvalue weighted by atomic mass is 16.5. The Balaban J connectivity index is 1.73. The SMILES string of the molecule is NCCOc1ccc(-c2cc3ccccc3o2)cc1CNCCCN=C(N)N. The predicted octanol–water partition coefficient (Wildman–Crippen LogP) is 2.19. The van der Waals surface area contributed by atoms with E-state index in [0.29, 0.717) is 26.2 Å². The van der Waals surface area contributed by atoms with E-state index in [4.69, 9.17) is 26.4 Å². The highest BCUT2D eigenvalue weighted by Gasteiger charge is 2.10. The largest absolute Gasteiger partial charge is 0.492 e. The minimum Gasteiger partial charge on any atom is -0.492 e. The predicted molar refractivity (Wildman–Crippen MR) is 113 cm³/mol. The number of guanidine groups is 1. The van der Waals surface area contributed by atoms with E-state index in [1.165, 1.54) is 0 Å². The van der Waals surface area contributed by atoms with Gasteiger partial charge in [0.25, 0.3) is 0 Å². The monoisotopic (exact) mass is 381 g/mol. The molecule has 28 heavy (non-hydrogen) atoms. The molecule has 0 amide bonds. The molecule has 0 fully saturated rings. The molecule has 0 bridgehead atoms. The van der Waals surface area contributed by atoms with Gasteiger partial charge in [0.15, 0.2) is 5.96 Å². The Labute approximate surface area is 164 Å². The summed E-state index contributed by atoms with van der Waals surface area (Å²) >= 11 is 0. The number of aliphatic imine (C=N–C) groups is 1. The molecule has 0 aliphatic heterocycles. The Hall–Kier alpha value is -3.03. The molecular formula is C21H27N5O2. The molecule has 7 N–H and O–H groups in total. The molecule has 0 saturated heterocycles. The number of nitrogens with zero attached hydrogens (tertiary/aromatic N) is 1. The average molecular weight is 381 g/mol. The third-order valence-corrected chi connectivity index (χ3v) is 4.27. The van der Waals surface area contributed by atoms with Crippen LogP contribution in [0.4, 0.5) is 0 Å². The number of ether oxygens (including phenoxy) is 1. The summed E-state index contributed by atoms with van der Waals surface area (Å²) in [5.74, 6) is 1.78. The molecule has 148 valence electrons. The fourth-order valence-electron chi connectivity index (χ4n) is 2.94. The number of nitrogens with one attached hydrogen (secondary N) is 1. The third-order valence-electron chi connectivity index (χ3n) is 4.27. The van der Waals surface area contributed by atoms with Gasteiger partial charge in [-0.2, -0.15) is 0 Å². The Morgan fingerprint density at radius 3 is 2.75 bits per heavy atom. The number of hydrogen-bond donors (Lipinski definition) is 4. The van der Waals surface area contributed by atoms with Crippen molar-refractivity contribution in [1.82, 2.24) is 5.32 Å². The first-order valence-corrected chi connectivity index (χ1v) is 9.38. The number of fused-ring (bicyclic) bond motifs is 1. The van der Waals surface area contributed by atoms with Gasteiger partial charge in [-0.1, -0.05) is 18.2 Å². The minimum absolute atomic E-state index is 0.121. The molecule has 0 aliphatic carbocycles. The van der Waals surface area contributed by atoms with Gasteiger partial charge in [-0.25, -0.2) is 0 Å². The highest BCUT2D eigenvalue weighted by molar-refractivity contribution is 5.82. The summed E-state index contributed by atoms with van der Waals surface area (Å²) in [6, 6.07) is 16.1. The van der Waals surface area contributed by atoms with Gasteiger partial charge in [0, 0.05) is 36.1 Å². The lowest BCUT2D eigenvalue weighted by Gasteiger charge is -2.13. The highest BCUT2D eigenvalue weighted by Crippen LogP contribution is 2.31. The molecule has 7 heteroatoms. The molecule has 7 nitrogen and oxygen atoms in total. The lowest BCUT2D eigenvalue weighted by Crippen LogP contribution is -2.23. The van der Waals surface area contributed by atoms with Gasteiger partial charge in [-0.3, -0.25) is 4.99 Å². The Bertz CT molecular complexity index is 898. The Kier molecular flexibility index (Phi) is 6.89. The Morgan fingerprint density at radius 2 is 1.96 bits per heavy atom. The molecule has 1 heterocycles. The quantitative estimate of drug-likeness (QED) is 0.242. The molecular weight excluding hydrogens is 354 g/mol. The summed E-state index contributed by atoms with van der Waals surface area (Å²) < 4.78 is 11.8. The standard InChI is InChI=1S/C21H27N5O2/c22-8-11-27-18-7-6-16(20-13-15-4-1-2-5-19(15)28-20)12-17(18)14-25-9-3-10-26-21(23)24/h1-2,4-7,12-13,25H,3,8-11,14,22H2,(H4,23,24,26). The van der Waals surface area contributed by atoms with Gasteiger partial charge in [0.2, 0.25) is 0 Å². The van der Waals surface area contributed by atoms with E-state index in [1.807, 2.05) is 36.4 Å². The van der Waals surface area contributed by atoms with Crippen molar-refractivity contribution < 1.29 is 9.15 Å². The minimum atomic E-state index is 0.121. The van der Waals surface area contributed by atoms with Crippen molar-refractivity contribution in [2.45, 2.75) is 13.0 Å². The van der Waals surface area contributed by atoms with Crippen LogP contribution in [0.25, 0.3) is 22.3 Å². The van der Waals surface area contributed by atoms with Gasteiger partial charge in [-0.05, 0) is 43.3 Å². The van der Waals surface area contributed by atoms with Gasteiger partial charge in [-0.15, -0.1) is 0 Å². The molecule has 0 spiro atoms. The van der Waals surface area contributed by atoms with E-state index in [0.717, 1.165) is 46.6 Å². The maximum Gasteiger partial charge on any atom is 0.185 e. The lowest BCUT2D eigenvalue weighted by atomic mass is 10.1. The normalized spacial score (nSPS) is 10.9. The van der Waals surface area contributed by atoms with Crippen LogP contribution < -0.4 is 27.3 Å². The van der Waals surface area contributed by atoms with E-state index in [1.54, 1.807) is 0 Å². The smallest absolute Gasteiger partial charge is 0.185 e. The van der Waals surface area contributed by atoms with Gasteiger partial charge in [0.05, 0.1) is 0 Å². The number of para-hydroxylation sites is 1. The second-order valence-electron chi connectivity index (χ2n) is 6.45. The second kappa shape index (κ2) is 9.77. The third kappa shape index (κ3) is 5.25. The van der Waals surface area contributed by atoms with Crippen LogP contribution in [0.2, 0.25) is 0 Å². The topological polar surface area (TPSA) is 125 Å². The van der Waals surface area contributed by atoms with Crippen LogP contribution in [0.3, 0.4) is 0 Å². The van der Waals surface area contributed by atoms with Crippen LogP contribution in [0.5, 0.6) is 5.75 Å². The van der Waals surface area contributed by atoms with Crippen molar-refractivity contribution >= 4 is 16.9 Å². The summed E-state index contributed by atoms with van der Waals surface area (Å²) in [5.41, 5.74) is 19.2. The molecule has 3 aromatic rings. The van der Waals surface area contributed by atoms with Crippen molar-refractivity contribution in [2.24, 2.45) is 22.2 Å². The first kappa shape index (κ1) is 19.7. The summed E-state index contributed by atoms with van der Waals surface area (Å²) in [6.45, 7) is 3.00. The first-order chi connectivity index (χ1) is 13.7. The summed E-state index contributed by atoms with van der Waals surface area (Å²) in [6.07, 6.45) is 0.847. The molecule has 0 saturated carbocycles. The van der Waals surface area contributed by atoms with Crippen LogP contribution in [0.15, 0.2) is 57.9 Å². The zero-order chi connectivity index (χ0) is 19.8. The van der Waals surface area contributed by atoms with Crippen molar-refractivity contribution in [2.75, 3.05) is 26.2 Å². The van der Waals surface area contributed by atoms with E-state index in [-0.39, 0.29) is 5.96 Å². The maximum atomic E-state index is 5.99. The summed E-state index contributed by atoms with van der Waals surface area (Å²) in [4.78, 5) is 3.98. The molecule has 0 radical (unpaired) electrons. The van der Waals surface area contributed by atoms with Crippen LogP contribution in [-0.2, 0) is 6.54 Å². The maximum absolute atomic E-state index is 5.99. The fourth-order valence-corrected chi connectivity index (χ4v) is 2.94. The number of benzene rings is 2. The van der Waals surface area contributed by atoms with Crippen molar-refractivity contribution in [1.29, 1.82) is 0 Å². The van der Waals surface area contributed by atoms with Crippen molar-refractivity contribution in [3.05, 3.63) is 54.1 Å². The van der Waals surface area contributed by atoms with Crippen LogP contribution in [0, 0.1) is 0 Å². The molecule has 0 unspecified atom stereocenters. The van der Waals surface area contributed by atoms with Crippen molar-refractivity contribution in [3.63, 3.8) is 0 Å². The van der Waals surface area contributed by atoms with E-state index < -0.39 is 0 Å². The van der Waals surface area contributed by atoms with Crippen LogP contribution in [0.1, 0.15) is 12.0 Å². The van der Waals surface area contributed by atoms with Crippen LogP contribution in [-0.4, -0.2) is 32.2 Å².